The fraction of sp³-hybridized carbons (Fsp3) is 0.250. The molecule has 0 spiro atoms. The third-order valence-corrected chi connectivity index (χ3v) is 4.15. The van der Waals surface area contributed by atoms with Gasteiger partial charge in [-0.15, -0.1) is 0 Å². The zero-order chi connectivity index (χ0) is 14.7. The van der Waals surface area contributed by atoms with E-state index in [9.17, 15) is 0 Å². The third-order valence-electron chi connectivity index (χ3n) is 3.34. The smallest absolute Gasteiger partial charge is 0.137 e. The molecule has 4 heteroatoms. The summed E-state index contributed by atoms with van der Waals surface area (Å²) in [6.45, 7) is 2.09. The summed E-state index contributed by atoms with van der Waals surface area (Å²) in [6, 6.07) is 11.8. The highest BCUT2D eigenvalue weighted by molar-refractivity contribution is 9.10. The minimum Gasteiger partial charge on any atom is -0.495 e. The molecule has 0 heterocycles. The lowest BCUT2D eigenvalue weighted by Crippen LogP contribution is -2.15. The first-order chi connectivity index (χ1) is 9.52. The number of methoxy groups -OCH3 is 1. The Kier molecular flexibility index (Phi) is 5.08. The van der Waals surface area contributed by atoms with E-state index in [0.29, 0.717) is 5.02 Å². The van der Waals surface area contributed by atoms with Crippen molar-refractivity contribution < 1.29 is 4.74 Å². The Labute approximate surface area is 133 Å². The molecule has 20 heavy (non-hydrogen) atoms. The number of nitrogens with two attached hydrogens (primary N) is 1. The minimum absolute atomic E-state index is 0.166. The molecule has 0 amide bonds. The second-order valence-corrected chi connectivity index (χ2v) is 6.04. The van der Waals surface area contributed by atoms with Crippen LogP contribution in [-0.2, 0) is 6.42 Å². The Morgan fingerprint density at radius 1 is 1.30 bits per heavy atom. The molecule has 0 aliphatic rings. The Balaban J connectivity index is 2.34. The topological polar surface area (TPSA) is 35.2 Å². The molecule has 2 rings (SSSR count). The Bertz CT molecular complexity index is 615. The van der Waals surface area contributed by atoms with Crippen LogP contribution in [0.5, 0.6) is 5.75 Å². The predicted octanol–water partition coefficient (Wildman–Crippen LogP) is 4.66. The van der Waals surface area contributed by atoms with Gasteiger partial charge in [-0.3, -0.25) is 0 Å². The Hall–Kier alpha value is -1.03. The lowest BCUT2D eigenvalue weighted by molar-refractivity contribution is 0.403. The van der Waals surface area contributed by atoms with Crippen molar-refractivity contribution in [3.8, 4) is 5.75 Å². The van der Waals surface area contributed by atoms with Crippen molar-refractivity contribution in [2.24, 2.45) is 5.73 Å². The number of rotatable bonds is 4. The molecule has 2 nitrogen and oxygen atoms in total. The summed E-state index contributed by atoms with van der Waals surface area (Å²) in [5.41, 5.74) is 9.74. The summed E-state index contributed by atoms with van der Waals surface area (Å²) in [7, 11) is 1.64. The molecule has 2 aromatic rings. The van der Waals surface area contributed by atoms with Crippen molar-refractivity contribution in [2.75, 3.05) is 7.11 Å². The van der Waals surface area contributed by atoms with Gasteiger partial charge in [0.15, 0.2) is 0 Å². The van der Waals surface area contributed by atoms with Gasteiger partial charge in [0.25, 0.3) is 0 Å². The van der Waals surface area contributed by atoms with Crippen LogP contribution in [0.1, 0.15) is 22.7 Å². The summed E-state index contributed by atoms with van der Waals surface area (Å²) in [4.78, 5) is 0. The average molecular weight is 355 g/mol. The zero-order valence-corrected chi connectivity index (χ0v) is 13.8. The number of halogens is 2. The van der Waals surface area contributed by atoms with Crippen molar-refractivity contribution in [3.05, 3.63) is 62.6 Å². The number of hydrogen-bond acceptors (Lipinski definition) is 2. The van der Waals surface area contributed by atoms with Gasteiger partial charge in [0.2, 0.25) is 0 Å². The molecular weight excluding hydrogens is 338 g/mol. The summed E-state index contributed by atoms with van der Waals surface area (Å²) in [6.07, 6.45) is 0.746. The van der Waals surface area contributed by atoms with Gasteiger partial charge >= 0.3 is 0 Å². The fourth-order valence-corrected chi connectivity index (χ4v) is 3.25. The van der Waals surface area contributed by atoms with Crippen LogP contribution in [0, 0.1) is 6.92 Å². The molecule has 1 atom stereocenters. The summed E-state index contributed by atoms with van der Waals surface area (Å²) < 4.78 is 6.26. The van der Waals surface area contributed by atoms with E-state index >= 15 is 0 Å². The number of aryl methyl sites for hydroxylation is 1. The van der Waals surface area contributed by atoms with E-state index in [2.05, 4.69) is 35.0 Å². The normalized spacial score (nSPS) is 12.2. The highest BCUT2D eigenvalue weighted by Crippen LogP contribution is 2.36. The fourth-order valence-electron chi connectivity index (χ4n) is 2.26. The highest BCUT2D eigenvalue weighted by atomic mass is 79.9. The molecule has 0 aliphatic carbocycles. The van der Waals surface area contributed by atoms with Crippen LogP contribution >= 0.6 is 27.5 Å². The molecule has 1 unspecified atom stereocenters. The van der Waals surface area contributed by atoms with Crippen LogP contribution in [0.25, 0.3) is 0 Å². The van der Waals surface area contributed by atoms with E-state index in [1.807, 2.05) is 24.3 Å². The number of benzene rings is 2. The van der Waals surface area contributed by atoms with Crippen LogP contribution < -0.4 is 10.5 Å². The highest BCUT2D eigenvalue weighted by Gasteiger charge is 2.17. The monoisotopic (exact) mass is 353 g/mol. The molecule has 0 radical (unpaired) electrons. The van der Waals surface area contributed by atoms with Crippen LogP contribution in [0.4, 0.5) is 0 Å². The van der Waals surface area contributed by atoms with Crippen LogP contribution in [0.2, 0.25) is 5.02 Å². The van der Waals surface area contributed by atoms with Gasteiger partial charge in [-0.1, -0.05) is 35.9 Å². The summed E-state index contributed by atoms with van der Waals surface area (Å²) >= 11 is 9.58. The lowest BCUT2D eigenvalue weighted by Gasteiger charge is -2.18. The second kappa shape index (κ2) is 6.61. The zero-order valence-electron chi connectivity index (χ0n) is 11.5. The molecule has 0 bridgehead atoms. The van der Waals surface area contributed by atoms with Gasteiger partial charge in [0.05, 0.1) is 11.6 Å². The van der Waals surface area contributed by atoms with Gasteiger partial charge < -0.3 is 10.5 Å². The first-order valence-corrected chi connectivity index (χ1v) is 7.53. The maximum atomic E-state index is 6.35. The van der Waals surface area contributed by atoms with Gasteiger partial charge in [-0.25, -0.2) is 0 Å². The molecule has 0 fully saturated rings. The van der Waals surface area contributed by atoms with Crippen LogP contribution in [0.15, 0.2) is 40.9 Å². The van der Waals surface area contributed by atoms with E-state index in [0.717, 1.165) is 22.2 Å². The van der Waals surface area contributed by atoms with Crippen LogP contribution in [-0.4, -0.2) is 7.11 Å². The number of hydrogen-bond donors (Lipinski definition) is 1. The molecular formula is C16H17BrClNO. The van der Waals surface area contributed by atoms with E-state index in [4.69, 9.17) is 22.1 Å². The second-order valence-electron chi connectivity index (χ2n) is 4.75. The van der Waals surface area contributed by atoms with Gasteiger partial charge in [-0.2, -0.15) is 0 Å². The largest absolute Gasteiger partial charge is 0.495 e. The van der Waals surface area contributed by atoms with E-state index in [-0.39, 0.29) is 6.04 Å². The SMILES string of the molecule is COc1c(Br)cc(Cl)cc1C(N)Cc1ccccc1C. The van der Waals surface area contributed by atoms with Crippen molar-refractivity contribution in [3.63, 3.8) is 0 Å². The first kappa shape index (κ1) is 15.4. The van der Waals surface area contributed by atoms with Crippen molar-refractivity contribution in [2.45, 2.75) is 19.4 Å². The Morgan fingerprint density at radius 3 is 2.65 bits per heavy atom. The predicted molar refractivity (Wildman–Crippen MR) is 87.5 cm³/mol. The summed E-state index contributed by atoms with van der Waals surface area (Å²) in [5.74, 6) is 0.746. The maximum Gasteiger partial charge on any atom is 0.137 e. The molecule has 0 aliphatic heterocycles. The molecule has 2 aromatic carbocycles. The third kappa shape index (κ3) is 3.35. The van der Waals surface area contributed by atoms with E-state index in [1.54, 1.807) is 7.11 Å². The molecule has 0 aromatic heterocycles. The van der Waals surface area contributed by atoms with E-state index in [1.165, 1.54) is 11.1 Å². The van der Waals surface area contributed by atoms with Crippen molar-refractivity contribution in [1.82, 2.24) is 0 Å². The van der Waals surface area contributed by atoms with Crippen molar-refractivity contribution in [1.29, 1.82) is 0 Å². The quantitative estimate of drug-likeness (QED) is 0.866. The molecule has 106 valence electrons. The average Bonchev–Trinajstić information content (AvgIpc) is 2.40. The lowest BCUT2D eigenvalue weighted by atomic mass is 9.96. The molecule has 0 saturated heterocycles. The number of ether oxygens (including phenoxy) is 1. The van der Waals surface area contributed by atoms with E-state index < -0.39 is 0 Å². The molecule has 2 N–H and O–H groups in total. The van der Waals surface area contributed by atoms with Gasteiger partial charge in [0.1, 0.15) is 5.75 Å². The standard InChI is InChI=1S/C16H17BrClNO/c1-10-5-3-4-6-11(10)7-15(19)13-8-12(18)9-14(17)16(13)20-2/h3-6,8-9,15H,7,19H2,1-2H3. The minimum atomic E-state index is -0.166. The maximum absolute atomic E-state index is 6.35. The Morgan fingerprint density at radius 2 is 2.00 bits per heavy atom. The first-order valence-electron chi connectivity index (χ1n) is 6.36. The summed E-state index contributed by atoms with van der Waals surface area (Å²) in [5, 5.41) is 0.646. The van der Waals surface area contributed by atoms with Crippen molar-refractivity contribution >= 4 is 27.5 Å². The van der Waals surface area contributed by atoms with Gasteiger partial charge in [0, 0.05) is 16.6 Å². The molecule has 0 saturated carbocycles. The van der Waals surface area contributed by atoms with Gasteiger partial charge in [-0.05, 0) is 52.5 Å². The van der Waals surface area contributed by atoms with Crippen LogP contribution in [0.3, 0.4) is 0 Å².